The minimum Gasteiger partial charge on any atom is -0.467 e. The van der Waals surface area contributed by atoms with E-state index in [9.17, 15) is 18.4 Å². The van der Waals surface area contributed by atoms with E-state index in [0.717, 1.165) is 29.0 Å². The largest absolute Gasteiger partial charge is 0.467 e. The molecule has 6 nitrogen and oxygen atoms in total. The van der Waals surface area contributed by atoms with Gasteiger partial charge < -0.3 is 10.1 Å². The van der Waals surface area contributed by atoms with Crippen LogP contribution in [0.2, 0.25) is 5.02 Å². The highest BCUT2D eigenvalue weighted by atomic mass is 35.5. The van der Waals surface area contributed by atoms with Crippen LogP contribution in [0.3, 0.4) is 0 Å². The molecule has 0 unspecified atom stereocenters. The maximum Gasteiger partial charge on any atom is 0.328 e. The molecule has 3 aromatic carbocycles. The second-order valence-electron chi connectivity index (χ2n) is 8.53. The van der Waals surface area contributed by atoms with Gasteiger partial charge in [-0.2, -0.15) is 0 Å². The number of esters is 1. The number of nitrogens with one attached hydrogen (secondary N) is 1. The van der Waals surface area contributed by atoms with Gasteiger partial charge >= 0.3 is 5.97 Å². The Hall–Kier alpha value is -4.43. The van der Waals surface area contributed by atoms with Crippen LogP contribution >= 0.6 is 11.6 Å². The summed E-state index contributed by atoms with van der Waals surface area (Å²) in [5.74, 6) is -3.91. The first kappa shape index (κ1) is 25.2. The maximum absolute atomic E-state index is 14.2. The lowest BCUT2D eigenvalue weighted by Gasteiger charge is -2.19. The van der Waals surface area contributed by atoms with Gasteiger partial charge in [-0.15, -0.1) is 0 Å². The van der Waals surface area contributed by atoms with E-state index in [-0.39, 0.29) is 6.42 Å². The van der Waals surface area contributed by atoms with Gasteiger partial charge in [-0.3, -0.25) is 14.8 Å². The minimum atomic E-state index is -1.22. The van der Waals surface area contributed by atoms with E-state index in [0.29, 0.717) is 32.7 Å². The number of carbonyl (C=O) groups is 2. The van der Waals surface area contributed by atoms with Gasteiger partial charge in [0, 0.05) is 40.5 Å². The highest BCUT2D eigenvalue weighted by molar-refractivity contribution is 6.38. The number of fused-ring (bicyclic) bond motifs is 2. The molecular formula is C29H20ClF2N3O3. The number of amides is 1. The van der Waals surface area contributed by atoms with E-state index in [4.69, 9.17) is 16.3 Å². The standard InChI is InChI=1S/C29H20ClF2N3O3/c1-38-29(37)23(35-28(36)24-21(31)9-4-10-22(24)32)14-16-11-12-20(26-19(16)8-5-13-33-26)27-25(30)18-7-3-2-6-17(18)15-34-27/h2-13,15,23H,14H2,1H3,(H,35,36)/t23-/m0/s1. The molecule has 0 spiro atoms. The molecule has 5 rings (SSSR count). The summed E-state index contributed by atoms with van der Waals surface area (Å²) in [6.07, 6.45) is 3.35. The monoisotopic (exact) mass is 531 g/mol. The Morgan fingerprint density at radius 3 is 2.45 bits per heavy atom. The molecule has 0 aliphatic carbocycles. The molecule has 190 valence electrons. The molecule has 1 atom stereocenters. The molecule has 5 aromatic rings. The second-order valence-corrected chi connectivity index (χ2v) is 8.91. The summed E-state index contributed by atoms with van der Waals surface area (Å²) >= 11 is 6.74. The topological polar surface area (TPSA) is 81.2 Å². The summed E-state index contributed by atoms with van der Waals surface area (Å²) in [6.45, 7) is 0. The van der Waals surface area contributed by atoms with Crippen molar-refractivity contribution in [3.8, 4) is 11.3 Å². The van der Waals surface area contributed by atoms with Gasteiger partial charge in [0.25, 0.3) is 5.91 Å². The number of rotatable bonds is 6. The van der Waals surface area contributed by atoms with Crippen molar-refractivity contribution in [2.24, 2.45) is 0 Å². The van der Waals surface area contributed by atoms with Crippen molar-refractivity contribution in [1.82, 2.24) is 15.3 Å². The average molecular weight is 532 g/mol. The fraction of sp³-hybridized carbons (Fsp3) is 0.103. The number of nitrogens with zero attached hydrogens (tertiary/aromatic N) is 2. The Morgan fingerprint density at radius 1 is 0.947 bits per heavy atom. The Labute approximate surface area is 221 Å². The Bertz CT molecular complexity index is 1690. The van der Waals surface area contributed by atoms with Crippen molar-refractivity contribution in [3.63, 3.8) is 0 Å². The van der Waals surface area contributed by atoms with Gasteiger partial charge in [-0.1, -0.05) is 60.1 Å². The van der Waals surface area contributed by atoms with Crippen molar-refractivity contribution in [1.29, 1.82) is 0 Å². The number of pyridine rings is 2. The minimum absolute atomic E-state index is 0.0180. The third-order valence-electron chi connectivity index (χ3n) is 6.26. The average Bonchev–Trinajstić information content (AvgIpc) is 2.93. The molecule has 0 bridgehead atoms. The summed E-state index contributed by atoms with van der Waals surface area (Å²) in [5.41, 5.74) is 1.70. The van der Waals surface area contributed by atoms with E-state index < -0.39 is 35.1 Å². The predicted molar refractivity (Wildman–Crippen MR) is 141 cm³/mol. The molecule has 0 radical (unpaired) electrons. The molecule has 0 saturated carbocycles. The van der Waals surface area contributed by atoms with Gasteiger partial charge in [0.05, 0.1) is 23.3 Å². The number of carbonyl (C=O) groups excluding carboxylic acids is 2. The number of halogens is 3. The highest BCUT2D eigenvalue weighted by Gasteiger charge is 2.27. The first-order chi connectivity index (χ1) is 18.4. The number of methoxy groups -OCH3 is 1. The lowest BCUT2D eigenvalue weighted by Crippen LogP contribution is -2.43. The maximum atomic E-state index is 14.2. The van der Waals surface area contributed by atoms with Crippen molar-refractivity contribution in [2.75, 3.05) is 7.11 Å². The van der Waals surface area contributed by atoms with E-state index in [2.05, 4.69) is 15.3 Å². The number of benzene rings is 3. The van der Waals surface area contributed by atoms with Crippen LogP contribution in [-0.2, 0) is 16.0 Å². The Kier molecular flexibility index (Phi) is 6.98. The van der Waals surface area contributed by atoms with Gasteiger partial charge in [-0.25, -0.2) is 13.6 Å². The lowest BCUT2D eigenvalue weighted by molar-refractivity contribution is -0.142. The van der Waals surface area contributed by atoms with Crippen LogP contribution in [0.5, 0.6) is 0 Å². The number of aromatic nitrogens is 2. The molecular weight excluding hydrogens is 512 g/mol. The van der Waals surface area contributed by atoms with Crippen LogP contribution in [0.1, 0.15) is 15.9 Å². The van der Waals surface area contributed by atoms with Crippen molar-refractivity contribution in [2.45, 2.75) is 12.5 Å². The summed E-state index contributed by atoms with van der Waals surface area (Å²) in [5, 5.41) is 5.33. The van der Waals surface area contributed by atoms with Crippen LogP contribution in [0.25, 0.3) is 32.9 Å². The molecule has 0 saturated heterocycles. The summed E-state index contributed by atoms with van der Waals surface area (Å²) in [4.78, 5) is 34.4. The number of hydrogen-bond donors (Lipinski definition) is 1. The molecule has 38 heavy (non-hydrogen) atoms. The smallest absolute Gasteiger partial charge is 0.328 e. The second kappa shape index (κ2) is 10.5. The fourth-order valence-electron chi connectivity index (χ4n) is 4.42. The van der Waals surface area contributed by atoms with E-state index in [1.807, 2.05) is 30.3 Å². The fourth-order valence-corrected chi connectivity index (χ4v) is 4.74. The van der Waals surface area contributed by atoms with Crippen LogP contribution in [-0.4, -0.2) is 35.0 Å². The van der Waals surface area contributed by atoms with Gasteiger partial charge in [-0.05, 0) is 23.8 Å². The van der Waals surface area contributed by atoms with Crippen molar-refractivity contribution < 1.29 is 23.1 Å². The van der Waals surface area contributed by atoms with Crippen molar-refractivity contribution in [3.05, 3.63) is 107 Å². The quantitative estimate of drug-likeness (QED) is 0.276. The number of hydrogen-bond acceptors (Lipinski definition) is 5. The molecule has 2 heterocycles. The zero-order valence-corrected chi connectivity index (χ0v) is 20.8. The summed E-state index contributed by atoms with van der Waals surface area (Å²) in [6, 6.07) is 16.6. The van der Waals surface area contributed by atoms with Gasteiger partial charge in [0.15, 0.2) is 0 Å². The molecule has 1 amide bonds. The number of ether oxygens (including phenoxy) is 1. The molecule has 1 N–H and O–H groups in total. The molecule has 0 aliphatic rings. The molecule has 2 aromatic heterocycles. The normalized spacial score (nSPS) is 11.9. The lowest BCUT2D eigenvalue weighted by atomic mass is 9.96. The van der Waals surface area contributed by atoms with E-state index >= 15 is 0 Å². The zero-order valence-electron chi connectivity index (χ0n) is 20.0. The van der Waals surface area contributed by atoms with E-state index in [1.165, 1.54) is 7.11 Å². The Morgan fingerprint density at radius 2 is 1.68 bits per heavy atom. The van der Waals surface area contributed by atoms with Gasteiger partial charge in [0.2, 0.25) is 0 Å². The zero-order chi connectivity index (χ0) is 26.8. The van der Waals surface area contributed by atoms with Crippen molar-refractivity contribution >= 4 is 45.2 Å². The molecule has 0 fully saturated rings. The summed E-state index contributed by atoms with van der Waals surface area (Å²) in [7, 11) is 1.17. The van der Waals surface area contributed by atoms with Crippen LogP contribution in [0.15, 0.2) is 79.1 Å². The van der Waals surface area contributed by atoms with Gasteiger partial charge in [0.1, 0.15) is 23.2 Å². The third kappa shape index (κ3) is 4.66. The van der Waals surface area contributed by atoms with Crippen LogP contribution < -0.4 is 5.32 Å². The van der Waals surface area contributed by atoms with Crippen LogP contribution in [0, 0.1) is 11.6 Å². The predicted octanol–water partition coefficient (Wildman–Crippen LogP) is 5.90. The molecule has 0 aliphatic heterocycles. The SMILES string of the molecule is COC(=O)[C@H](Cc1ccc(-c2ncc3ccccc3c2Cl)c2ncccc12)NC(=O)c1c(F)cccc1F. The summed E-state index contributed by atoms with van der Waals surface area (Å²) < 4.78 is 33.2. The first-order valence-electron chi connectivity index (χ1n) is 11.6. The van der Waals surface area contributed by atoms with E-state index in [1.54, 1.807) is 30.6 Å². The first-order valence-corrected chi connectivity index (χ1v) is 12.0. The Balaban J connectivity index is 1.54. The third-order valence-corrected chi connectivity index (χ3v) is 6.64. The van der Waals surface area contributed by atoms with Crippen LogP contribution in [0.4, 0.5) is 8.78 Å². The molecule has 9 heteroatoms. The highest BCUT2D eigenvalue weighted by Crippen LogP contribution is 2.36.